The number of piperazine rings is 1. The van der Waals surface area contributed by atoms with Crippen LogP contribution in [-0.2, 0) is 0 Å². The second kappa shape index (κ2) is 6.73. The van der Waals surface area contributed by atoms with Gasteiger partial charge in [0.1, 0.15) is 0 Å². The quantitative estimate of drug-likeness (QED) is 0.846. The number of carbonyl (C=O) groups excluding carboxylic acids is 1. The summed E-state index contributed by atoms with van der Waals surface area (Å²) in [5, 5.41) is 3.23. The third kappa shape index (κ3) is 3.42. The zero-order valence-corrected chi connectivity index (χ0v) is 15.5. The van der Waals surface area contributed by atoms with Gasteiger partial charge in [-0.05, 0) is 62.8 Å². The van der Waals surface area contributed by atoms with Crippen LogP contribution in [0.5, 0.6) is 0 Å². The van der Waals surface area contributed by atoms with Crippen LogP contribution in [-0.4, -0.2) is 78.6 Å². The van der Waals surface area contributed by atoms with Crippen LogP contribution in [0.3, 0.4) is 0 Å². The number of nitrogens with one attached hydrogen (secondary N) is 1. The third-order valence-electron chi connectivity index (χ3n) is 7.69. The highest BCUT2D eigenvalue weighted by atomic mass is 16.2. The number of amides is 2. The Labute approximate surface area is 152 Å². The molecule has 0 aromatic heterocycles. The summed E-state index contributed by atoms with van der Waals surface area (Å²) in [7, 11) is 0. The van der Waals surface area contributed by atoms with Crippen molar-refractivity contribution in [1.82, 2.24) is 20.0 Å². The Morgan fingerprint density at radius 2 is 1.72 bits per heavy atom. The number of rotatable bonds is 4. The van der Waals surface area contributed by atoms with Crippen LogP contribution in [0, 0.1) is 17.8 Å². The molecule has 3 aliphatic carbocycles. The van der Waals surface area contributed by atoms with Gasteiger partial charge in [-0.1, -0.05) is 6.42 Å². The predicted molar refractivity (Wildman–Crippen MR) is 98.5 cm³/mol. The molecule has 140 valence electrons. The van der Waals surface area contributed by atoms with Crippen molar-refractivity contribution in [2.75, 3.05) is 45.8 Å². The lowest BCUT2D eigenvalue weighted by Crippen LogP contribution is -2.55. The van der Waals surface area contributed by atoms with E-state index < -0.39 is 0 Å². The molecule has 5 nitrogen and oxygen atoms in total. The van der Waals surface area contributed by atoms with Gasteiger partial charge in [-0.3, -0.25) is 4.90 Å². The molecule has 2 aliphatic heterocycles. The van der Waals surface area contributed by atoms with Gasteiger partial charge in [0, 0.05) is 51.4 Å². The Morgan fingerprint density at radius 3 is 2.40 bits per heavy atom. The maximum absolute atomic E-state index is 12.5. The second-order valence-corrected chi connectivity index (χ2v) is 9.33. The number of fused-ring (bicyclic) bond motifs is 2. The first kappa shape index (κ1) is 16.4. The number of carbonyl (C=O) groups is 1. The fraction of sp³-hybridized carbons (Fsp3) is 0.950. The molecule has 0 radical (unpaired) electrons. The topological polar surface area (TPSA) is 38.8 Å². The first-order valence-electron chi connectivity index (χ1n) is 10.8. The molecule has 1 N–H and O–H groups in total. The Bertz CT molecular complexity index is 500. The van der Waals surface area contributed by atoms with Crippen LogP contribution in [0.4, 0.5) is 4.79 Å². The first-order valence-corrected chi connectivity index (χ1v) is 10.8. The molecule has 3 saturated carbocycles. The summed E-state index contributed by atoms with van der Waals surface area (Å²) in [5.41, 5.74) is 0. The molecule has 0 aromatic carbocycles. The van der Waals surface area contributed by atoms with Crippen LogP contribution in [0.25, 0.3) is 0 Å². The summed E-state index contributed by atoms with van der Waals surface area (Å²) in [6.45, 7) is 7.31. The molecule has 2 saturated heterocycles. The predicted octanol–water partition coefficient (Wildman–Crippen LogP) is 1.99. The fourth-order valence-corrected chi connectivity index (χ4v) is 6.06. The minimum Gasteiger partial charge on any atom is -0.338 e. The van der Waals surface area contributed by atoms with Gasteiger partial charge in [0.2, 0.25) is 0 Å². The molecule has 0 spiro atoms. The molecule has 5 rings (SSSR count). The third-order valence-corrected chi connectivity index (χ3v) is 7.69. The molecule has 2 amide bonds. The SMILES string of the molecule is O=C(NCC1CCN(C2CC2)C1)N1CCN(C2CC3CCC2C3)CC1. The largest absolute Gasteiger partial charge is 0.338 e. The van der Waals surface area contributed by atoms with E-state index >= 15 is 0 Å². The van der Waals surface area contributed by atoms with E-state index in [-0.39, 0.29) is 6.03 Å². The maximum Gasteiger partial charge on any atom is 0.317 e. The average Bonchev–Trinajstić information content (AvgIpc) is 3.07. The van der Waals surface area contributed by atoms with Crippen molar-refractivity contribution in [2.45, 2.75) is 57.0 Å². The summed E-state index contributed by atoms with van der Waals surface area (Å²) in [6, 6.07) is 1.88. The van der Waals surface area contributed by atoms with Crippen molar-refractivity contribution >= 4 is 6.03 Å². The van der Waals surface area contributed by atoms with E-state index in [1.54, 1.807) is 0 Å². The van der Waals surface area contributed by atoms with Crippen molar-refractivity contribution in [3.63, 3.8) is 0 Å². The Hall–Kier alpha value is -0.810. The summed E-state index contributed by atoms with van der Waals surface area (Å²) < 4.78 is 0. The molecule has 5 aliphatic rings. The normalized spacial score (nSPS) is 39.3. The van der Waals surface area contributed by atoms with Gasteiger partial charge in [0.15, 0.2) is 0 Å². The van der Waals surface area contributed by atoms with Crippen LogP contribution in [0.2, 0.25) is 0 Å². The van der Waals surface area contributed by atoms with Crippen molar-refractivity contribution in [1.29, 1.82) is 0 Å². The highest BCUT2D eigenvalue weighted by molar-refractivity contribution is 5.74. The fourth-order valence-electron chi connectivity index (χ4n) is 6.06. The standard InChI is InChI=1S/C20H34N4O/c25-20(21-13-16-5-6-24(14-16)18-3-4-18)23-9-7-22(8-10-23)19-12-15-1-2-17(19)11-15/h15-19H,1-14H2,(H,21,25). The minimum absolute atomic E-state index is 0.178. The zero-order valence-electron chi connectivity index (χ0n) is 15.5. The van der Waals surface area contributed by atoms with Crippen molar-refractivity contribution in [2.24, 2.45) is 17.8 Å². The van der Waals surface area contributed by atoms with E-state index in [0.717, 1.165) is 56.6 Å². The van der Waals surface area contributed by atoms with Gasteiger partial charge >= 0.3 is 6.03 Å². The Morgan fingerprint density at radius 1 is 0.880 bits per heavy atom. The lowest BCUT2D eigenvalue weighted by molar-refractivity contribution is 0.0825. The minimum atomic E-state index is 0.178. The van der Waals surface area contributed by atoms with Gasteiger partial charge in [-0.15, -0.1) is 0 Å². The highest BCUT2D eigenvalue weighted by Crippen LogP contribution is 2.46. The number of likely N-dealkylation sites (tertiary alicyclic amines) is 1. The molecule has 5 heteroatoms. The van der Waals surface area contributed by atoms with Crippen LogP contribution < -0.4 is 5.32 Å². The van der Waals surface area contributed by atoms with E-state index in [9.17, 15) is 4.79 Å². The van der Waals surface area contributed by atoms with Crippen LogP contribution in [0.1, 0.15) is 44.9 Å². The van der Waals surface area contributed by atoms with Crippen molar-refractivity contribution in [3.8, 4) is 0 Å². The highest BCUT2D eigenvalue weighted by Gasteiger charge is 2.43. The molecule has 2 heterocycles. The molecular weight excluding hydrogens is 312 g/mol. The van der Waals surface area contributed by atoms with Crippen LogP contribution >= 0.6 is 0 Å². The molecule has 2 bridgehead atoms. The van der Waals surface area contributed by atoms with Gasteiger partial charge in [-0.2, -0.15) is 0 Å². The number of urea groups is 1. The summed E-state index contributed by atoms with van der Waals surface area (Å²) in [6.07, 6.45) is 9.88. The summed E-state index contributed by atoms with van der Waals surface area (Å²) >= 11 is 0. The van der Waals surface area contributed by atoms with E-state index in [1.165, 1.54) is 58.0 Å². The molecular formula is C20H34N4O. The van der Waals surface area contributed by atoms with E-state index in [0.29, 0.717) is 5.92 Å². The van der Waals surface area contributed by atoms with Gasteiger partial charge < -0.3 is 15.1 Å². The van der Waals surface area contributed by atoms with Gasteiger partial charge in [0.25, 0.3) is 0 Å². The maximum atomic E-state index is 12.5. The lowest BCUT2D eigenvalue weighted by atomic mass is 9.93. The number of hydrogen-bond donors (Lipinski definition) is 1. The summed E-state index contributed by atoms with van der Waals surface area (Å²) in [4.78, 5) is 19.9. The molecule has 4 atom stereocenters. The van der Waals surface area contributed by atoms with Crippen LogP contribution in [0.15, 0.2) is 0 Å². The first-order chi connectivity index (χ1) is 12.3. The molecule has 5 fully saturated rings. The summed E-state index contributed by atoms with van der Waals surface area (Å²) in [5.74, 6) is 2.64. The second-order valence-electron chi connectivity index (χ2n) is 9.33. The zero-order chi connectivity index (χ0) is 16.8. The van der Waals surface area contributed by atoms with Gasteiger partial charge in [0.05, 0.1) is 0 Å². The van der Waals surface area contributed by atoms with E-state index in [2.05, 4.69) is 20.0 Å². The molecule has 4 unspecified atom stereocenters. The molecule has 25 heavy (non-hydrogen) atoms. The van der Waals surface area contributed by atoms with E-state index in [4.69, 9.17) is 0 Å². The number of nitrogens with zero attached hydrogens (tertiary/aromatic N) is 3. The van der Waals surface area contributed by atoms with Crippen molar-refractivity contribution in [3.05, 3.63) is 0 Å². The molecule has 0 aromatic rings. The van der Waals surface area contributed by atoms with Gasteiger partial charge in [-0.25, -0.2) is 4.79 Å². The smallest absolute Gasteiger partial charge is 0.317 e. The monoisotopic (exact) mass is 346 g/mol. The Balaban J connectivity index is 1.04. The lowest BCUT2D eigenvalue weighted by Gasteiger charge is -2.41. The number of hydrogen-bond acceptors (Lipinski definition) is 3. The Kier molecular flexibility index (Phi) is 4.41. The average molecular weight is 347 g/mol. The van der Waals surface area contributed by atoms with E-state index in [1.807, 2.05) is 0 Å². The van der Waals surface area contributed by atoms with Crippen molar-refractivity contribution < 1.29 is 4.79 Å².